The van der Waals surface area contributed by atoms with Crippen LogP contribution in [0.25, 0.3) is 0 Å². The molecule has 3 nitrogen and oxygen atoms in total. The van der Waals surface area contributed by atoms with E-state index in [0.717, 1.165) is 7.11 Å². The lowest BCUT2D eigenvalue weighted by atomic mass is 10.1. The van der Waals surface area contributed by atoms with Crippen molar-refractivity contribution in [1.82, 2.24) is 0 Å². The van der Waals surface area contributed by atoms with E-state index in [-0.39, 0.29) is 5.56 Å². The van der Waals surface area contributed by atoms with Gasteiger partial charge in [0.25, 0.3) is 5.78 Å². The highest BCUT2D eigenvalue weighted by Gasteiger charge is 2.27. The highest BCUT2D eigenvalue weighted by Crippen LogP contribution is 2.20. The lowest BCUT2D eigenvalue weighted by molar-refractivity contribution is -0.154. The average Bonchev–Trinajstić information content (AvgIpc) is 2.27. The molecule has 0 aliphatic carbocycles. The minimum atomic E-state index is -2.00. The van der Waals surface area contributed by atoms with Gasteiger partial charge in [0.1, 0.15) is 0 Å². The number of carbonyl (C=O) groups is 2. The minimum absolute atomic E-state index is 0.0785. The number of methoxy groups -OCH3 is 1. The van der Waals surface area contributed by atoms with Crippen molar-refractivity contribution in [1.29, 1.82) is 0 Å². The van der Waals surface area contributed by atoms with E-state index in [1.54, 1.807) is 0 Å². The molecule has 0 N–H and O–H groups in total. The van der Waals surface area contributed by atoms with Crippen LogP contribution in [0.3, 0.4) is 0 Å². The highest BCUT2D eigenvalue weighted by atomic mass is 35.5. The Hall–Kier alpha value is -1.42. The maximum Gasteiger partial charge on any atom is 0.377 e. The smallest absolute Gasteiger partial charge is 0.377 e. The van der Waals surface area contributed by atoms with Gasteiger partial charge < -0.3 is 4.74 Å². The molecule has 1 aromatic rings. The number of benzene rings is 1. The number of rotatable bonds is 3. The van der Waals surface area contributed by atoms with Crippen molar-refractivity contribution in [3.8, 4) is 0 Å². The second-order valence-electron chi connectivity index (χ2n) is 2.77. The Bertz CT molecular complexity index is 375. The van der Waals surface area contributed by atoms with Gasteiger partial charge in [-0.2, -0.15) is 0 Å². The fourth-order valence-electron chi connectivity index (χ4n) is 0.987. The number of hydrogen-bond acceptors (Lipinski definition) is 3. The largest absolute Gasteiger partial charge is 0.463 e. The van der Waals surface area contributed by atoms with Gasteiger partial charge in [-0.1, -0.05) is 23.7 Å². The lowest BCUT2D eigenvalue weighted by Gasteiger charge is -2.05. The molecule has 0 amide bonds. The standard InChI is InChI=1S/C10H8ClFO3/c1-15-10(14)9(13)8(12)6-2-4-7(11)5-3-6/h2-5,8H,1H3. The topological polar surface area (TPSA) is 43.4 Å². The van der Waals surface area contributed by atoms with Crippen LogP contribution in [0.5, 0.6) is 0 Å². The molecule has 80 valence electrons. The molecule has 0 aliphatic heterocycles. The molecule has 0 fully saturated rings. The van der Waals surface area contributed by atoms with E-state index in [9.17, 15) is 14.0 Å². The number of esters is 1. The van der Waals surface area contributed by atoms with Crippen LogP contribution in [0.1, 0.15) is 11.7 Å². The molecule has 0 saturated heterocycles. The molecule has 0 radical (unpaired) electrons. The predicted molar refractivity (Wildman–Crippen MR) is 52.3 cm³/mol. The maximum atomic E-state index is 13.4. The zero-order chi connectivity index (χ0) is 11.4. The molecule has 1 unspecified atom stereocenters. The predicted octanol–water partition coefficient (Wildman–Crippen LogP) is 2.09. The third-order valence-corrected chi connectivity index (χ3v) is 2.03. The van der Waals surface area contributed by atoms with Crippen LogP contribution in [0.4, 0.5) is 4.39 Å². The molecule has 1 atom stereocenters. The van der Waals surface area contributed by atoms with Gasteiger partial charge in [0.05, 0.1) is 7.11 Å². The molecule has 0 bridgehead atoms. The molecule has 0 heterocycles. The van der Waals surface area contributed by atoms with Crippen LogP contribution in [-0.4, -0.2) is 18.9 Å². The first-order valence-corrected chi connectivity index (χ1v) is 4.45. The summed E-state index contributed by atoms with van der Waals surface area (Å²) >= 11 is 5.59. The first-order chi connectivity index (χ1) is 7.06. The van der Waals surface area contributed by atoms with Crippen LogP contribution in [0.15, 0.2) is 24.3 Å². The van der Waals surface area contributed by atoms with Crippen molar-refractivity contribution in [2.75, 3.05) is 7.11 Å². The Labute approximate surface area is 90.8 Å². The molecule has 5 heteroatoms. The quantitative estimate of drug-likeness (QED) is 0.590. The lowest BCUT2D eigenvalue weighted by Crippen LogP contribution is -2.20. The van der Waals surface area contributed by atoms with E-state index in [1.807, 2.05) is 0 Å². The summed E-state index contributed by atoms with van der Waals surface area (Å²) in [6.45, 7) is 0. The molecule has 0 spiro atoms. The van der Waals surface area contributed by atoms with E-state index in [0.29, 0.717) is 5.02 Å². The number of carbonyl (C=O) groups excluding carboxylic acids is 2. The summed E-state index contributed by atoms with van der Waals surface area (Å²) < 4.78 is 17.5. The normalized spacial score (nSPS) is 11.9. The SMILES string of the molecule is COC(=O)C(=O)C(F)c1ccc(Cl)cc1. The Balaban J connectivity index is 2.85. The maximum absolute atomic E-state index is 13.4. The van der Waals surface area contributed by atoms with Crippen molar-refractivity contribution in [3.63, 3.8) is 0 Å². The van der Waals surface area contributed by atoms with E-state index in [4.69, 9.17) is 11.6 Å². The Morgan fingerprint density at radius 3 is 2.33 bits per heavy atom. The molecule has 1 aromatic carbocycles. The number of ether oxygens (including phenoxy) is 1. The van der Waals surface area contributed by atoms with E-state index >= 15 is 0 Å². The average molecular weight is 231 g/mol. The number of halogens is 2. The second kappa shape index (κ2) is 4.89. The summed E-state index contributed by atoms with van der Waals surface area (Å²) in [5.74, 6) is -2.42. The van der Waals surface area contributed by atoms with Crippen molar-refractivity contribution in [3.05, 3.63) is 34.9 Å². The summed E-state index contributed by atoms with van der Waals surface area (Å²) in [5, 5.41) is 0.427. The molecule has 0 aromatic heterocycles. The van der Waals surface area contributed by atoms with E-state index < -0.39 is 17.9 Å². The van der Waals surface area contributed by atoms with Crippen LogP contribution in [-0.2, 0) is 14.3 Å². The van der Waals surface area contributed by atoms with Crippen molar-refractivity contribution in [2.45, 2.75) is 6.17 Å². The fraction of sp³-hybridized carbons (Fsp3) is 0.200. The van der Waals surface area contributed by atoms with E-state index in [1.165, 1.54) is 24.3 Å². The van der Waals surface area contributed by atoms with Crippen LogP contribution in [0.2, 0.25) is 5.02 Å². The van der Waals surface area contributed by atoms with Gasteiger partial charge in [0, 0.05) is 5.02 Å². The van der Waals surface area contributed by atoms with Crippen molar-refractivity contribution < 1.29 is 18.7 Å². The first kappa shape index (κ1) is 11.7. The van der Waals surface area contributed by atoms with Gasteiger partial charge in [0.2, 0.25) is 0 Å². The molecular formula is C10H8ClFO3. The van der Waals surface area contributed by atoms with Crippen molar-refractivity contribution in [2.24, 2.45) is 0 Å². The van der Waals surface area contributed by atoms with E-state index in [2.05, 4.69) is 4.74 Å². The molecule has 1 rings (SSSR count). The zero-order valence-corrected chi connectivity index (χ0v) is 8.62. The number of hydrogen-bond donors (Lipinski definition) is 0. The van der Waals surface area contributed by atoms with Crippen molar-refractivity contribution >= 4 is 23.4 Å². The van der Waals surface area contributed by atoms with Gasteiger partial charge >= 0.3 is 5.97 Å². The minimum Gasteiger partial charge on any atom is -0.463 e. The Morgan fingerprint density at radius 1 is 1.33 bits per heavy atom. The first-order valence-electron chi connectivity index (χ1n) is 4.08. The third kappa shape index (κ3) is 2.76. The summed E-state index contributed by atoms with van der Waals surface area (Å²) in [6, 6.07) is 5.56. The van der Waals surface area contributed by atoms with Gasteiger partial charge in [0.15, 0.2) is 6.17 Å². The summed E-state index contributed by atoms with van der Waals surface area (Å²) in [4.78, 5) is 21.8. The van der Waals surface area contributed by atoms with Gasteiger partial charge in [-0.15, -0.1) is 0 Å². The highest BCUT2D eigenvalue weighted by molar-refractivity contribution is 6.35. The van der Waals surface area contributed by atoms with Crippen LogP contribution in [0, 0.1) is 0 Å². The molecule has 0 saturated carbocycles. The monoisotopic (exact) mass is 230 g/mol. The number of ketones is 1. The van der Waals surface area contributed by atoms with Gasteiger partial charge in [-0.05, 0) is 17.7 Å². The molecule has 15 heavy (non-hydrogen) atoms. The Morgan fingerprint density at radius 2 is 1.87 bits per heavy atom. The molecule has 0 aliphatic rings. The number of alkyl halides is 1. The molecular weight excluding hydrogens is 223 g/mol. The van der Waals surface area contributed by atoms with Gasteiger partial charge in [-0.25, -0.2) is 9.18 Å². The summed E-state index contributed by atoms with van der Waals surface area (Å²) in [7, 11) is 1.02. The third-order valence-electron chi connectivity index (χ3n) is 1.78. The Kier molecular flexibility index (Phi) is 3.80. The fourth-order valence-corrected chi connectivity index (χ4v) is 1.11. The zero-order valence-electron chi connectivity index (χ0n) is 7.87. The van der Waals surface area contributed by atoms with Gasteiger partial charge in [-0.3, -0.25) is 4.79 Å². The summed E-state index contributed by atoms with van der Waals surface area (Å²) in [6.07, 6.45) is -2.00. The van der Waals surface area contributed by atoms with Crippen LogP contribution >= 0.6 is 11.6 Å². The summed E-state index contributed by atoms with van der Waals surface area (Å²) in [5.41, 5.74) is 0.0785. The number of Topliss-reactive ketones (excluding diaryl/α,β-unsaturated/α-hetero) is 1. The second-order valence-corrected chi connectivity index (χ2v) is 3.21. The van der Waals surface area contributed by atoms with Crippen LogP contribution < -0.4 is 0 Å².